The number of amides is 2. The summed E-state index contributed by atoms with van der Waals surface area (Å²) in [5, 5.41) is 15.9. The van der Waals surface area contributed by atoms with Crippen molar-refractivity contribution in [2.45, 2.75) is 31.8 Å². The fraction of sp³-hybridized carbons (Fsp3) is 0.257. The molecule has 0 radical (unpaired) electrons. The molecule has 2 amide bonds. The van der Waals surface area contributed by atoms with Gasteiger partial charge in [0.2, 0.25) is 0 Å². The van der Waals surface area contributed by atoms with Gasteiger partial charge in [0.1, 0.15) is 11.9 Å². The summed E-state index contributed by atoms with van der Waals surface area (Å²) in [5.41, 5.74) is 5.30. The number of aromatic hydroxyl groups is 1. The molecule has 5 rings (SSSR count). The van der Waals surface area contributed by atoms with Crippen molar-refractivity contribution in [3.05, 3.63) is 119 Å². The molecule has 0 aliphatic carbocycles. The fourth-order valence-electron chi connectivity index (χ4n) is 5.28. The van der Waals surface area contributed by atoms with E-state index in [9.17, 15) is 14.7 Å². The van der Waals surface area contributed by atoms with Gasteiger partial charge in [0.15, 0.2) is 0 Å². The first kappa shape index (κ1) is 30.1. The van der Waals surface area contributed by atoms with E-state index >= 15 is 0 Å². The standard InChI is InChI=1S/C35H36ClN3O4/c36-31-11-6-10-30(33(31)40)34(41)37-21-17-25-13-15-26(16-14-25)18-22-39-23-19-28(20-24-39)43-35(42)38-32-12-5-4-9-29(32)27-7-2-1-3-8-27/h1-16,28,40H,17-24H2,(H,37,41)(H,38,42). The number of hydrogen-bond donors (Lipinski definition) is 3. The quantitative estimate of drug-likeness (QED) is 0.184. The molecule has 0 spiro atoms. The zero-order chi connectivity index (χ0) is 30.0. The first-order valence-corrected chi connectivity index (χ1v) is 15.0. The van der Waals surface area contributed by atoms with E-state index in [1.165, 1.54) is 5.56 Å². The highest BCUT2D eigenvalue weighted by Gasteiger charge is 2.22. The highest BCUT2D eigenvalue weighted by Crippen LogP contribution is 2.28. The van der Waals surface area contributed by atoms with Crippen molar-refractivity contribution < 1.29 is 19.4 Å². The number of likely N-dealkylation sites (tertiary alicyclic amines) is 1. The number of halogens is 1. The molecular formula is C35H36ClN3O4. The van der Waals surface area contributed by atoms with Crippen molar-refractivity contribution in [1.82, 2.24) is 10.2 Å². The van der Waals surface area contributed by atoms with Gasteiger partial charge in [0.05, 0.1) is 16.3 Å². The number of phenolic OH excluding ortho intramolecular Hbond substituents is 1. The van der Waals surface area contributed by atoms with Crippen molar-refractivity contribution >= 4 is 29.3 Å². The van der Waals surface area contributed by atoms with Gasteiger partial charge in [-0.15, -0.1) is 0 Å². The van der Waals surface area contributed by atoms with Gasteiger partial charge in [0.25, 0.3) is 5.91 Å². The maximum Gasteiger partial charge on any atom is 0.411 e. The topological polar surface area (TPSA) is 90.9 Å². The normalized spacial score (nSPS) is 13.8. The molecule has 222 valence electrons. The average Bonchev–Trinajstić information content (AvgIpc) is 3.03. The summed E-state index contributed by atoms with van der Waals surface area (Å²) in [6.45, 7) is 3.18. The van der Waals surface area contributed by atoms with Crippen molar-refractivity contribution in [3.63, 3.8) is 0 Å². The second-order valence-electron chi connectivity index (χ2n) is 10.7. The van der Waals surface area contributed by atoms with Gasteiger partial charge >= 0.3 is 6.09 Å². The lowest BCUT2D eigenvalue weighted by molar-refractivity contribution is 0.0593. The molecule has 1 fully saturated rings. The average molecular weight is 598 g/mol. The highest BCUT2D eigenvalue weighted by molar-refractivity contribution is 6.32. The van der Waals surface area contributed by atoms with E-state index in [1.807, 2.05) is 54.6 Å². The number of nitrogens with one attached hydrogen (secondary N) is 2. The Morgan fingerprint density at radius 1 is 0.837 bits per heavy atom. The van der Waals surface area contributed by atoms with E-state index in [0.717, 1.165) is 61.3 Å². The Kier molecular flexibility index (Phi) is 10.3. The van der Waals surface area contributed by atoms with Crippen LogP contribution in [0.4, 0.5) is 10.5 Å². The number of ether oxygens (including phenoxy) is 1. The molecule has 8 heteroatoms. The Morgan fingerprint density at radius 3 is 2.26 bits per heavy atom. The first-order chi connectivity index (χ1) is 21.0. The molecule has 0 unspecified atom stereocenters. The molecule has 3 N–H and O–H groups in total. The fourth-order valence-corrected chi connectivity index (χ4v) is 5.45. The molecule has 1 aliphatic heterocycles. The van der Waals surface area contributed by atoms with Crippen molar-refractivity contribution in [2.24, 2.45) is 0 Å². The summed E-state index contributed by atoms with van der Waals surface area (Å²) in [7, 11) is 0. The lowest BCUT2D eigenvalue weighted by atomic mass is 10.0. The van der Waals surface area contributed by atoms with Crippen molar-refractivity contribution in [2.75, 3.05) is 31.5 Å². The molecule has 1 aliphatic rings. The van der Waals surface area contributed by atoms with Gasteiger partial charge in [-0.25, -0.2) is 4.79 Å². The predicted octanol–water partition coefficient (Wildman–Crippen LogP) is 6.94. The van der Waals surface area contributed by atoms with Crippen LogP contribution in [0.2, 0.25) is 5.02 Å². The molecule has 0 atom stereocenters. The highest BCUT2D eigenvalue weighted by atomic mass is 35.5. The van der Waals surface area contributed by atoms with Crippen LogP contribution in [0.25, 0.3) is 11.1 Å². The molecular weight excluding hydrogens is 562 g/mol. The Hall–Kier alpha value is -4.33. The van der Waals surface area contributed by atoms with Crippen LogP contribution in [-0.2, 0) is 17.6 Å². The third-order valence-electron chi connectivity index (χ3n) is 7.73. The summed E-state index contributed by atoms with van der Waals surface area (Å²) in [6, 6.07) is 30.9. The monoisotopic (exact) mass is 597 g/mol. The third-order valence-corrected chi connectivity index (χ3v) is 8.03. The Balaban J connectivity index is 1.00. The van der Waals surface area contributed by atoms with Gasteiger partial charge in [-0.3, -0.25) is 10.1 Å². The molecule has 4 aromatic carbocycles. The van der Waals surface area contributed by atoms with Gasteiger partial charge in [-0.05, 0) is 60.6 Å². The van der Waals surface area contributed by atoms with Crippen LogP contribution in [-0.4, -0.2) is 54.3 Å². The maximum absolute atomic E-state index is 12.7. The van der Waals surface area contributed by atoms with Gasteiger partial charge < -0.3 is 20.1 Å². The summed E-state index contributed by atoms with van der Waals surface area (Å²) in [5.74, 6) is -0.547. The molecule has 0 aromatic heterocycles. The van der Waals surface area contributed by atoms with Crippen LogP contribution in [0.5, 0.6) is 5.75 Å². The van der Waals surface area contributed by atoms with Crippen molar-refractivity contribution in [1.29, 1.82) is 0 Å². The largest absolute Gasteiger partial charge is 0.506 e. The van der Waals surface area contributed by atoms with Crippen LogP contribution >= 0.6 is 11.6 Å². The van der Waals surface area contributed by atoms with E-state index in [2.05, 4.69) is 39.8 Å². The van der Waals surface area contributed by atoms with Crippen LogP contribution < -0.4 is 10.6 Å². The van der Waals surface area contributed by atoms with Crippen molar-refractivity contribution in [3.8, 4) is 16.9 Å². The Labute approximate surface area is 257 Å². The van der Waals surface area contributed by atoms with Crippen LogP contribution in [0.1, 0.15) is 34.3 Å². The summed E-state index contributed by atoms with van der Waals surface area (Å²) in [6.07, 6.45) is 2.74. The second kappa shape index (κ2) is 14.7. The number of para-hydroxylation sites is 2. The molecule has 1 heterocycles. The minimum atomic E-state index is -0.413. The number of benzene rings is 4. The molecule has 4 aromatic rings. The lowest BCUT2D eigenvalue weighted by Gasteiger charge is -2.31. The molecule has 0 saturated carbocycles. The van der Waals surface area contributed by atoms with Crippen LogP contribution in [0.3, 0.4) is 0 Å². The molecule has 0 bridgehead atoms. The molecule has 7 nitrogen and oxygen atoms in total. The van der Waals surface area contributed by atoms with E-state index in [0.29, 0.717) is 13.0 Å². The van der Waals surface area contributed by atoms with Crippen LogP contribution in [0, 0.1) is 0 Å². The van der Waals surface area contributed by atoms with Gasteiger partial charge in [-0.2, -0.15) is 0 Å². The lowest BCUT2D eigenvalue weighted by Crippen LogP contribution is -2.39. The first-order valence-electron chi connectivity index (χ1n) is 14.6. The molecule has 43 heavy (non-hydrogen) atoms. The maximum atomic E-state index is 12.7. The predicted molar refractivity (Wildman–Crippen MR) is 171 cm³/mol. The van der Waals surface area contributed by atoms with Gasteiger partial charge in [-0.1, -0.05) is 90.5 Å². The number of anilines is 1. The van der Waals surface area contributed by atoms with E-state index < -0.39 is 6.09 Å². The van der Waals surface area contributed by atoms with E-state index in [-0.39, 0.29) is 28.3 Å². The third kappa shape index (κ3) is 8.37. The van der Waals surface area contributed by atoms with E-state index in [4.69, 9.17) is 16.3 Å². The minimum Gasteiger partial charge on any atom is -0.506 e. The number of piperidine rings is 1. The smallest absolute Gasteiger partial charge is 0.411 e. The number of rotatable bonds is 10. The number of nitrogens with zero attached hydrogens (tertiary/aromatic N) is 1. The number of phenols is 1. The number of hydrogen-bond acceptors (Lipinski definition) is 5. The number of carbonyl (C=O) groups excluding carboxylic acids is 2. The minimum absolute atomic E-state index is 0.0947. The van der Waals surface area contributed by atoms with Crippen LogP contribution in [0.15, 0.2) is 97.1 Å². The number of carbonyl (C=O) groups is 2. The van der Waals surface area contributed by atoms with Gasteiger partial charge in [0, 0.05) is 31.7 Å². The summed E-state index contributed by atoms with van der Waals surface area (Å²) >= 11 is 5.89. The SMILES string of the molecule is O=C(Nc1ccccc1-c1ccccc1)OC1CCN(CCc2ccc(CCNC(=O)c3cccc(Cl)c3O)cc2)CC1. The van der Waals surface area contributed by atoms with E-state index in [1.54, 1.807) is 18.2 Å². The summed E-state index contributed by atoms with van der Waals surface area (Å²) < 4.78 is 5.77. The Morgan fingerprint density at radius 2 is 1.51 bits per heavy atom. The zero-order valence-corrected chi connectivity index (χ0v) is 24.7. The Bertz CT molecular complexity index is 1520. The summed E-state index contributed by atoms with van der Waals surface area (Å²) in [4.78, 5) is 27.4. The zero-order valence-electron chi connectivity index (χ0n) is 24.0. The second-order valence-corrected chi connectivity index (χ2v) is 11.1. The molecule has 1 saturated heterocycles.